The van der Waals surface area contributed by atoms with Gasteiger partial charge in [-0.05, 0) is 30.3 Å². The number of thioether (sulfide) groups is 1. The first kappa shape index (κ1) is 22.6. The van der Waals surface area contributed by atoms with Crippen molar-refractivity contribution in [3.63, 3.8) is 0 Å². The number of nitrogens with zero attached hydrogens (tertiary/aromatic N) is 3. The fourth-order valence-electron chi connectivity index (χ4n) is 3.07. The predicted molar refractivity (Wildman–Crippen MR) is 124 cm³/mol. The number of fused-ring (bicyclic) bond motifs is 1. The highest BCUT2D eigenvalue weighted by molar-refractivity contribution is 8.16. The number of thiazole rings is 1. The molecule has 5 nitrogen and oxygen atoms in total. The molecule has 11 heteroatoms. The molecule has 1 amide bonds. The maximum absolute atomic E-state index is 13.2. The highest BCUT2D eigenvalue weighted by Crippen LogP contribution is 2.43. The van der Waals surface area contributed by atoms with Crippen LogP contribution in [0.25, 0.3) is 15.8 Å². The highest BCUT2D eigenvalue weighted by Gasteiger charge is 2.38. The summed E-state index contributed by atoms with van der Waals surface area (Å²) in [6, 6.07) is 10.4. The Balaban J connectivity index is 1.88. The van der Waals surface area contributed by atoms with Crippen molar-refractivity contribution in [1.29, 1.82) is 0 Å². The van der Waals surface area contributed by atoms with E-state index in [0.29, 0.717) is 15.6 Å². The maximum atomic E-state index is 13.2. The Hall–Kier alpha value is -2.56. The van der Waals surface area contributed by atoms with Gasteiger partial charge < -0.3 is 10.6 Å². The third-order valence-electron chi connectivity index (χ3n) is 4.68. The number of alkyl halides is 3. The lowest BCUT2D eigenvalue weighted by atomic mass is 10.1. The van der Waals surface area contributed by atoms with Crippen molar-refractivity contribution >= 4 is 67.1 Å². The van der Waals surface area contributed by atoms with Gasteiger partial charge in [0.1, 0.15) is 15.3 Å². The fraction of sp³-hybridized carbons (Fsp3) is 0.190. The molecular formula is C21H16ClF3N4OS2. The van der Waals surface area contributed by atoms with E-state index in [0.717, 1.165) is 40.2 Å². The van der Waals surface area contributed by atoms with Crippen LogP contribution in [0.1, 0.15) is 10.6 Å². The van der Waals surface area contributed by atoms with Crippen LogP contribution in [0, 0.1) is 0 Å². The number of amides is 1. The number of para-hydroxylation sites is 1. The standard InChI is InChI=1S/C21H16ClF3N4OS2/c1-29(2)20(30)17-16(26)15(18-27-12-5-3-4-6-14(12)31-18)19(32-17)28-13-9-10(21(23,24)25)7-8-11(13)22/h3-9,17H,26H2,1-2H3. The van der Waals surface area contributed by atoms with Crippen molar-refractivity contribution in [2.45, 2.75) is 11.4 Å². The molecule has 2 aromatic carbocycles. The Morgan fingerprint density at radius 3 is 2.59 bits per heavy atom. The smallest absolute Gasteiger partial charge is 0.400 e. The van der Waals surface area contributed by atoms with Crippen LogP contribution in [-0.4, -0.2) is 40.2 Å². The summed E-state index contributed by atoms with van der Waals surface area (Å²) < 4.78 is 40.5. The van der Waals surface area contributed by atoms with Crippen molar-refractivity contribution in [3.8, 4) is 0 Å². The summed E-state index contributed by atoms with van der Waals surface area (Å²) in [5.41, 5.74) is 6.89. The first-order valence-corrected chi connectivity index (χ1v) is 11.3. The molecule has 0 aliphatic carbocycles. The maximum Gasteiger partial charge on any atom is 0.416 e. The van der Waals surface area contributed by atoms with Crippen LogP contribution in [0.15, 0.2) is 53.2 Å². The first-order chi connectivity index (χ1) is 15.1. The van der Waals surface area contributed by atoms with E-state index in [1.54, 1.807) is 14.1 Å². The Kier molecular flexibility index (Phi) is 5.95. The zero-order chi connectivity index (χ0) is 23.2. The SMILES string of the molecule is CN(C)C(=O)C1SC(=Nc2cc(C(F)(F)F)ccc2Cl)C(c2nc3ccccc3s2)=C1N. The number of halogens is 4. The number of aliphatic imine (C=N–C) groups is 1. The molecule has 3 aromatic rings. The summed E-state index contributed by atoms with van der Waals surface area (Å²) >= 11 is 8.59. The summed E-state index contributed by atoms with van der Waals surface area (Å²) in [6.07, 6.45) is -4.55. The quantitative estimate of drug-likeness (QED) is 0.514. The number of hydrogen-bond donors (Lipinski definition) is 1. The minimum atomic E-state index is -4.55. The van der Waals surface area contributed by atoms with Gasteiger partial charge in [-0.15, -0.1) is 11.3 Å². The van der Waals surface area contributed by atoms with Crippen LogP contribution in [0.2, 0.25) is 5.02 Å². The molecule has 1 unspecified atom stereocenters. The van der Waals surface area contributed by atoms with Crippen molar-refractivity contribution in [2.75, 3.05) is 14.1 Å². The summed E-state index contributed by atoms with van der Waals surface area (Å²) in [5.74, 6) is -0.258. The number of carbonyl (C=O) groups excluding carboxylic acids is 1. The average molecular weight is 497 g/mol. The van der Waals surface area contributed by atoms with Gasteiger partial charge in [0.05, 0.1) is 32.1 Å². The van der Waals surface area contributed by atoms with E-state index in [9.17, 15) is 18.0 Å². The summed E-state index contributed by atoms with van der Waals surface area (Å²) in [6.45, 7) is 0. The normalized spacial score (nSPS) is 18.1. The van der Waals surface area contributed by atoms with Gasteiger partial charge in [0, 0.05) is 19.8 Å². The Morgan fingerprint density at radius 2 is 1.94 bits per heavy atom. The topological polar surface area (TPSA) is 71.6 Å². The van der Waals surface area contributed by atoms with Gasteiger partial charge in [-0.2, -0.15) is 13.2 Å². The summed E-state index contributed by atoms with van der Waals surface area (Å²) in [4.78, 5) is 23.1. The second-order valence-corrected chi connectivity index (χ2v) is 9.66. The molecule has 1 atom stereocenters. The molecule has 4 rings (SSSR count). The minimum Gasteiger partial charge on any atom is -0.400 e. The van der Waals surface area contributed by atoms with Crippen LogP contribution >= 0.6 is 34.7 Å². The Bertz CT molecular complexity index is 1250. The molecule has 0 radical (unpaired) electrons. The first-order valence-electron chi connectivity index (χ1n) is 9.25. The van der Waals surface area contributed by atoms with Gasteiger partial charge in [0.15, 0.2) is 0 Å². The minimum absolute atomic E-state index is 0.0516. The third kappa shape index (κ3) is 4.22. The third-order valence-corrected chi connectivity index (χ3v) is 7.27. The number of hydrogen-bond acceptors (Lipinski definition) is 6. The van der Waals surface area contributed by atoms with E-state index in [-0.39, 0.29) is 22.3 Å². The second-order valence-electron chi connectivity index (χ2n) is 7.13. The molecular weight excluding hydrogens is 481 g/mol. The number of benzene rings is 2. The number of carbonyl (C=O) groups is 1. The fourth-order valence-corrected chi connectivity index (χ4v) is 5.59. The van der Waals surface area contributed by atoms with Crippen molar-refractivity contribution in [2.24, 2.45) is 10.7 Å². The molecule has 0 bridgehead atoms. The lowest BCUT2D eigenvalue weighted by Crippen LogP contribution is -2.33. The Morgan fingerprint density at radius 1 is 1.22 bits per heavy atom. The zero-order valence-electron chi connectivity index (χ0n) is 16.8. The number of nitrogens with two attached hydrogens (primary N) is 1. The highest BCUT2D eigenvalue weighted by atomic mass is 35.5. The van der Waals surface area contributed by atoms with E-state index >= 15 is 0 Å². The van der Waals surface area contributed by atoms with Crippen LogP contribution in [0.3, 0.4) is 0 Å². The molecule has 0 spiro atoms. The predicted octanol–water partition coefficient (Wildman–Crippen LogP) is 5.57. The van der Waals surface area contributed by atoms with Gasteiger partial charge >= 0.3 is 6.18 Å². The van der Waals surface area contributed by atoms with Gasteiger partial charge in [-0.3, -0.25) is 4.79 Å². The molecule has 0 saturated heterocycles. The zero-order valence-corrected chi connectivity index (χ0v) is 19.2. The van der Waals surface area contributed by atoms with E-state index in [4.69, 9.17) is 17.3 Å². The van der Waals surface area contributed by atoms with E-state index < -0.39 is 17.0 Å². The molecule has 166 valence electrons. The van der Waals surface area contributed by atoms with Gasteiger partial charge in [0.2, 0.25) is 5.91 Å². The van der Waals surface area contributed by atoms with E-state index in [1.807, 2.05) is 24.3 Å². The number of rotatable bonds is 3. The van der Waals surface area contributed by atoms with Crippen LogP contribution < -0.4 is 5.73 Å². The average Bonchev–Trinajstić information content (AvgIpc) is 3.28. The molecule has 0 fully saturated rings. The van der Waals surface area contributed by atoms with Crippen LogP contribution in [0.4, 0.5) is 18.9 Å². The Labute approximate surface area is 194 Å². The summed E-state index contributed by atoms with van der Waals surface area (Å²) in [5, 5.41) is 0.112. The second kappa shape index (κ2) is 8.42. The molecule has 0 saturated carbocycles. The van der Waals surface area contributed by atoms with E-state index in [2.05, 4.69) is 9.98 Å². The van der Waals surface area contributed by atoms with Gasteiger partial charge in [-0.25, -0.2) is 9.98 Å². The van der Waals surface area contributed by atoms with Crippen LogP contribution in [-0.2, 0) is 11.0 Å². The van der Waals surface area contributed by atoms with Crippen LogP contribution in [0.5, 0.6) is 0 Å². The lowest BCUT2D eigenvalue weighted by Gasteiger charge is -2.15. The lowest BCUT2D eigenvalue weighted by molar-refractivity contribution is -0.137. The number of aromatic nitrogens is 1. The molecule has 2 N–H and O–H groups in total. The molecule has 1 aliphatic heterocycles. The molecule has 32 heavy (non-hydrogen) atoms. The monoisotopic (exact) mass is 496 g/mol. The van der Waals surface area contributed by atoms with E-state index in [1.165, 1.54) is 16.2 Å². The largest absolute Gasteiger partial charge is 0.416 e. The van der Waals surface area contributed by atoms with Crippen molar-refractivity contribution < 1.29 is 18.0 Å². The van der Waals surface area contributed by atoms with Crippen molar-refractivity contribution in [3.05, 3.63) is 63.8 Å². The molecule has 2 heterocycles. The van der Waals surface area contributed by atoms with Crippen molar-refractivity contribution in [1.82, 2.24) is 9.88 Å². The summed E-state index contributed by atoms with van der Waals surface area (Å²) in [7, 11) is 3.21. The molecule has 1 aliphatic rings. The van der Waals surface area contributed by atoms with Gasteiger partial charge in [0.25, 0.3) is 0 Å². The van der Waals surface area contributed by atoms with Gasteiger partial charge in [-0.1, -0.05) is 35.5 Å². The molecule has 1 aromatic heterocycles.